The topological polar surface area (TPSA) is 49.3 Å². The summed E-state index contributed by atoms with van der Waals surface area (Å²) in [6.45, 7) is 0. The van der Waals surface area contributed by atoms with Gasteiger partial charge >= 0.3 is 0 Å². The van der Waals surface area contributed by atoms with Gasteiger partial charge in [0.05, 0.1) is 5.02 Å². The third kappa shape index (κ3) is 2.47. The largest absolute Gasteiger partial charge is 0.506 e. The molecule has 1 amide bonds. The lowest BCUT2D eigenvalue weighted by Gasteiger charge is -2.10. The standard InChI is InChI=1S/C12H14ClNO2/c13-10-7-9(5-6-11(10)15)14-12(16)8-3-1-2-4-8/h5-8,15H,1-4H2,(H,14,16). The number of amides is 1. The normalized spacial score (nSPS) is 16.3. The number of nitrogens with one attached hydrogen (secondary N) is 1. The molecule has 4 heteroatoms. The third-order valence-electron chi connectivity index (χ3n) is 2.94. The van der Waals surface area contributed by atoms with E-state index in [9.17, 15) is 9.90 Å². The van der Waals surface area contributed by atoms with E-state index in [1.807, 2.05) is 0 Å². The summed E-state index contributed by atoms with van der Waals surface area (Å²) in [5.74, 6) is 0.215. The van der Waals surface area contributed by atoms with Crippen molar-refractivity contribution in [1.29, 1.82) is 0 Å². The molecule has 0 atom stereocenters. The number of anilines is 1. The van der Waals surface area contributed by atoms with Crippen LogP contribution in [0, 0.1) is 5.92 Å². The molecule has 16 heavy (non-hydrogen) atoms. The molecule has 0 spiro atoms. The zero-order valence-corrected chi connectivity index (χ0v) is 9.63. The first-order valence-electron chi connectivity index (χ1n) is 5.46. The second-order valence-electron chi connectivity index (χ2n) is 4.14. The quantitative estimate of drug-likeness (QED) is 0.779. The number of hydrogen-bond acceptors (Lipinski definition) is 2. The summed E-state index contributed by atoms with van der Waals surface area (Å²) < 4.78 is 0. The van der Waals surface area contributed by atoms with Gasteiger partial charge in [-0.2, -0.15) is 0 Å². The molecule has 2 rings (SSSR count). The molecule has 2 N–H and O–H groups in total. The van der Waals surface area contributed by atoms with Crippen LogP contribution in [0.3, 0.4) is 0 Å². The highest BCUT2D eigenvalue weighted by atomic mass is 35.5. The van der Waals surface area contributed by atoms with Crippen molar-refractivity contribution >= 4 is 23.2 Å². The summed E-state index contributed by atoms with van der Waals surface area (Å²) in [6, 6.07) is 4.68. The molecule has 1 fully saturated rings. The molecule has 1 aliphatic carbocycles. The molecule has 0 unspecified atom stereocenters. The minimum Gasteiger partial charge on any atom is -0.506 e. The summed E-state index contributed by atoms with van der Waals surface area (Å²) in [7, 11) is 0. The Morgan fingerprint density at radius 2 is 2.06 bits per heavy atom. The monoisotopic (exact) mass is 239 g/mol. The van der Waals surface area contributed by atoms with Gasteiger partial charge in [-0.15, -0.1) is 0 Å². The average Bonchev–Trinajstić information content (AvgIpc) is 2.77. The lowest BCUT2D eigenvalue weighted by atomic mass is 10.1. The Morgan fingerprint density at radius 1 is 1.38 bits per heavy atom. The molecule has 1 aromatic rings. The molecule has 3 nitrogen and oxygen atoms in total. The second-order valence-corrected chi connectivity index (χ2v) is 4.54. The molecule has 0 radical (unpaired) electrons. The third-order valence-corrected chi connectivity index (χ3v) is 3.24. The van der Waals surface area contributed by atoms with Gasteiger partial charge in [-0.3, -0.25) is 4.79 Å². The second kappa shape index (κ2) is 4.74. The number of phenolic OH excluding ortho intramolecular Hbond substituents is 1. The van der Waals surface area contributed by atoms with Gasteiger partial charge in [0.2, 0.25) is 5.91 Å². The van der Waals surface area contributed by atoms with E-state index in [1.165, 1.54) is 6.07 Å². The van der Waals surface area contributed by atoms with E-state index in [0.717, 1.165) is 25.7 Å². The van der Waals surface area contributed by atoms with Crippen molar-refractivity contribution in [3.63, 3.8) is 0 Å². The number of hydrogen-bond donors (Lipinski definition) is 2. The Morgan fingerprint density at radius 3 is 2.69 bits per heavy atom. The molecule has 86 valence electrons. The first-order valence-corrected chi connectivity index (χ1v) is 5.84. The number of benzene rings is 1. The van der Waals surface area contributed by atoms with Crippen LogP contribution in [-0.4, -0.2) is 11.0 Å². The number of aromatic hydroxyl groups is 1. The maximum atomic E-state index is 11.8. The molecule has 0 aliphatic heterocycles. The molecule has 1 aliphatic rings. The number of carbonyl (C=O) groups excluding carboxylic acids is 1. The van der Waals surface area contributed by atoms with Crippen LogP contribution >= 0.6 is 11.6 Å². The Hall–Kier alpha value is -1.22. The SMILES string of the molecule is O=C(Nc1ccc(O)c(Cl)c1)C1CCCC1. The van der Waals surface area contributed by atoms with E-state index < -0.39 is 0 Å². The van der Waals surface area contributed by atoms with Crippen LogP contribution in [-0.2, 0) is 4.79 Å². The van der Waals surface area contributed by atoms with Crippen molar-refractivity contribution in [3.8, 4) is 5.75 Å². The molecule has 1 aromatic carbocycles. The van der Waals surface area contributed by atoms with Crippen LogP contribution in [0.4, 0.5) is 5.69 Å². The van der Waals surface area contributed by atoms with Crippen LogP contribution in [0.5, 0.6) is 5.75 Å². The number of carbonyl (C=O) groups is 1. The van der Waals surface area contributed by atoms with Gasteiger partial charge < -0.3 is 10.4 Å². The van der Waals surface area contributed by atoms with Crippen LogP contribution in [0.2, 0.25) is 5.02 Å². The molecule has 0 saturated heterocycles. The fourth-order valence-corrected chi connectivity index (χ4v) is 2.20. The molecule has 0 heterocycles. The Labute approximate surface area is 99.4 Å². The fraction of sp³-hybridized carbons (Fsp3) is 0.417. The average molecular weight is 240 g/mol. The summed E-state index contributed by atoms with van der Waals surface area (Å²) in [5, 5.41) is 12.3. The van der Waals surface area contributed by atoms with Gasteiger partial charge in [-0.05, 0) is 31.0 Å². The first-order chi connectivity index (χ1) is 7.66. The summed E-state index contributed by atoms with van der Waals surface area (Å²) in [6.07, 6.45) is 4.21. The molecule has 0 aromatic heterocycles. The molecule has 0 bridgehead atoms. The fourth-order valence-electron chi connectivity index (χ4n) is 2.02. The van der Waals surface area contributed by atoms with E-state index in [0.29, 0.717) is 5.69 Å². The summed E-state index contributed by atoms with van der Waals surface area (Å²) in [4.78, 5) is 11.8. The van der Waals surface area contributed by atoms with E-state index in [1.54, 1.807) is 12.1 Å². The zero-order valence-electron chi connectivity index (χ0n) is 8.87. The van der Waals surface area contributed by atoms with Gasteiger partial charge in [0.1, 0.15) is 5.75 Å². The summed E-state index contributed by atoms with van der Waals surface area (Å²) >= 11 is 5.76. The van der Waals surface area contributed by atoms with Gasteiger partial charge in [-0.25, -0.2) is 0 Å². The van der Waals surface area contributed by atoms with Crippen LogP contribution in [0.25, 0.3) is 0 Å². The lowest BCUT2D eigenvalue weighted by Crippen LogP contribution is -2.20. The van der Waals surface area contributed by atoms with Crippen LogP contribution in [0.15, 0.2) is 18.2 Å². The Kier molecular flexibility index (Phi) is 3.34. The van der Waals surface area contributed by atoms with E-state index in [-0.39, 0.29) is 22.6 Å². The zero-order chi connectivity index (χ0) is 11.5. The van der Waals surface area contributed by atoms with Gasteiger partial charge in [0, 0.05) is 11.6 Å². The van der Waals surface area contributed by atoms with Crippen molar-refractivity contribution in [2.24, 2.45) is 5.92 Å². The highest BCUT2D eigenvalue weighted by molar-refractivity contribution is 6.32. The van der Waals surface area contributed by atoms with Gasteiger partial charge in [0.25, 0.3) is 0 Å². The Balaban J connectivity index is 2.02. The Bertz CT molecular complexity index is 400. The predicted molar refractivity (Wildman–Crippen MR) is 63.7 cm³/mol. The smallest absolute Gasteiger partial charge is 0.227 e. The van der Waals surface area contributed by atoms with Crippen molar-refractivity contribution in [2.75, 3.05) is 5.32 Å². The minimum absolute atomic E-state index is 0.0283. The minimum atomic E-state index is 0.0283. The number of phenols is 1. The van der Waals surface area contributed by atoms with Crippen molar-refractivity contribution in [1.82, 2.24) is 0 Å². The maximum Gasteiger partial charge on any atom is 0.227 e. The van der Waals surface area contributed by atoms with Crippen LogP contribution < -0.4 is 5.32 Å². The van der Waals surface area contributed by atoms with Crippen molar-refractivity contribution in [3.05, 3.63) is 23.2 Å². The van der Waals surface area contributed by atoms with E-state index >= 15 is 0 Å². The van der Waals surface area contributed by atoms with Gasteiger partial charge in [-0.1, -0.05) is 24.4 Å². The highest BCUT2D eigenvalue weighted by Gasteiger charge is 2.22. The predicted octanol–water partition coefficient (Wildman–Crippen LogP) is 3.17. The van der Waals surface area contributed by atoms with Crippen LogP contribution in [0.1, 0.15) is 25.7 Å². The molecular formula is C12H14ClNO2. The highest BCUT2D eigenvalue weighted by Crippen LogP contribution is 2.28. The lowest BCUT2D eigenvalue weighted by molar-refractivity contribution is -0.119. The van der Waals surface area contributed by atoms with Gasteiger partial charge in [0.15, 0.2) is 0 Å². The maximum absolute atomic E-state index is 11.8. The summed E-state index contributed by atoms with van der Waals surface area (Å²) in [5.41, 5.74) is 0.639. The molecule has 1 saturated carbocycles. The van der Waals surface area contributed by atoms with Crippen molar-refractivity contribution < 1.29 is 9.90 Å². The number of rotatable bonds is 2. The molecular weight excluding hydrogens is 226 g/mol. The van der Waals surface area contributed by atoms with E-state index in [2.05, 4.69) is 5.32 Å². The van der Waals surface area contributed by atoms with Crippen molar-refractivity contribution in [2.45, 2.75) is 25.7 Å². The number of halogens is 1. The first kappa shape index (κ1) is 11.3. The van der Waals surface area contributed by atoms with E-state index in [4.69, 9.17) is 11.6 Å².